The van der Waals surface area contributed by atoms with E-state index in [9.17, 15) is 9.59 Å². The number of halogens is 1. The predicted molar refractivity (Wildman–Crippen MR) is 105 cm³/mol. The lowest BCUT2D eigenvalue weighted by Gasteiger charge is -2.33. The van der Waals surface area contributed by atoms with Gasteiger partial charge in [0.1, 0.15) is 0 Å². The maximum absolute atomic E-state index is 12.9. The number of hydrogen-bond acceptors (Lipinski definition) is 4. The summed E-state index contributed by atoms with van der Waals surface area (Å²) in [6, 6.07) is 5.68. The number of amides is 2. The van der Waals surface area contributed by atoms with Crippen LogP contribution in [0.3, 0.4) is 0 Å². The molecule has 0 aromatic carbocycles. The van der Waals surface area contributed by atoms with E-state index in [0.717, 1.165) is 44.3 Å². The van der Waals surface area contributed by atoms with Gasteiger partial charge in [-0.05, 0) is 50.3 Å². The molecule has 0 aliphatic carbocycles. The van der Waals surface area contributed by atoms with Crippen LogP contribution in [-0.2, 0) is 4.79 Å². The molecular weight excluding hydrogens is 366 g/mol. The van der Waals surface area contributed by atoms with Crippen LogP contribution in [0, 0.1) is 5.92 Å². The standard InChI is InChI=1S/C19H25N5O2.ClH/c25-18(16-6-3-8-20-16)21-11-14-5-4-9-23(13-14)19(26)15-12-22-24-10-2-1-7-17(15)24;/h1-2,7,10,12,14,16,20H,3-6,8-9,11,13H2,(H,21,25);1H. The first-order chi connectivity index (χ1) is 12.7. The minimum atomic E-state index is -0.0462. The molecule has 8 heteroatoms. The largest absolute Gasteiger partial charge is 0.354 e. The van der Waals surface area contributed by atoms with Gasteiger partial charge in [0.2, 0.25) is 5.91 Å². The molecule has 2 amide bonds. The summed E-state index contributed by atoms with van der Waals surface area (Å²) in [4.78, 5) is 27.0. The Morgan fingerprint density at radius 2 is 2.15 bits per heavy atom. The topological polar surface area (TPSA) is 78.7 Å². The number of likely N-dealkylation sites (tertiary alicyclic amines) is 1. The van der Waals surface area contributed by atoms with E-state index in [1.54, 1.807) is 10.7 Å². The Kier molecular flexibility index (Phi) is 6.34. The van der Waals surface area contributed by atoms with Gasteiger partial charge in [0.15, 0.2) is 0 Å². The second-order valence-corrected chi connectivity index (χ2v) is 7.24. The number of aromatic nitrogens is 2. The van der Waals surface area contributed by atoms with Crippen molar-refractivity contribution in [2.75, 3.05) is 26.2 Å². The minimum absolute atomic E-state index is 0. The zero-order chi connectivity index (χ0) is 17.9. The fourth-order valence-electron chi connectivity index (χ4n) is 3.96. The number of piperidine rings is 1. The Bertz CT molecular complexity index is 802. The number of hydrogen-bond donors (Lipinski definition) is 2. The SMILES string of the molecule is Cl.O=C(NCC1CCCN(C(=O)c2cnn3ccccc23)C1)C1CCCN1. The molecule has 2 fully saturated rings. The molecule has 2 aromatic rings. The van der Waals surface area contributed by atoms with E-state index in [1.165, 1.54) is 0 Å². The molecule has 4 rings (SSSR count). The highest BCUT2D eigenvalue weighted by molar-refractivity contribution is 6.00. The molecule has 2 atom stereocenters. The molecule has 0 saturated carbocycles. The Balaban J connectivity index is 0.00000210. The number of carbonyl (C=O) groups is 2. The Morgan fingerprint density at radius 3 is 2.96 bits per heavy atom. The summed E-state index contributed by atoms with van der Waals surface area (Å²) in [6.07, 6.45) is 7.47. The number of nitrogens with one attached hydrogen (secondary N) is 2. The quantitative estimate of drug-likeness (QED) is 0.827. The van der Waals surface area contributed by atoms with E-state index in [1.807, 2.05) is 29.3 Å². The van der Waals surface area contributed by atoms with Gasteiger partial charge in [-0.1, -0.05) is 6.07 Å². The minimum Gasteiger partial charge on any atom is -0.354 e. The summed E-state index contributed by atoms with van der Waals surface area (Å²) in [5.74, 6) is 0.424. The number of fused-ring (bicyclic) bond motifs is 1. The van der Waals surface area contributed by atoms with Gasteiger partial charge >= 0.3 is 0 Å². The Morgan fingerprint density at radius 1 is 1.26 bits per heavy atom. The van der Waals surface area contributed by atoms with Crippen LogP contribution in [-0.4, -0.2) is 58.5 Å². The first kappa shape index (κ1) is 19.6. The third-order valence-corrected chi connectivity index (χ3v) is 5.40. The highest BCUT2D eigenvalue weighted by Gasteiger charge is 2.28. The molecule has 27 heavy (non-hydrogen) atoms. The Hall–Kier alpha value is -2.12. The van der Waals surface area contributed by atoms with Crippen LogP contribution in [0.25, 0.3) is 5.52 Å². The maximum atomic E-state index is 12.9. The highest BCUT2D eigenvalue weighted by Crippen LogP contribution is 2.20. The van der Waals surface area contributed by atoms with E-state index in [0.29, 0.717) is 24.6 Å². The van der Waals surface area contributed by atoms with Gasteiger partial charge in [0.05, 0.1) is 23.3 Å². The van der Waals surface area contributed by atoms with Crippen LogP contribution in [0.1, 0.15) is 36.0 Å². The first-order valence-electron chi connectivity index (χ1n) is 9.45. The molecule has 146 valence electrons. The molecule has 2 aliphatic rings. The van der Waals surface area contributed by atoms with Crippen molar-refractivity contribution < 1.29 is 9.59 Å². The molecule has 2 aromatic heterocycles. The van der Waals surface area contributed by atoms with Crippen molar-refractivity contribution in [2.45, 2.75) is 31.7 Å². The first-order valence-corrected chi connectivity index (χ1v) is 9.45. The van der Waals surface area contributed by atoms with Crippen molar-refractivity contribution in [2.24, 2.45) is 5.92 Å². The zero-order valence-electron chi connectivity index (χ0n) is 15.3. The molecule has 2 N–H and O–H groups in total. The van der Waals surface area contributed by atoms with Gasteiger partial charge < -0.3 is 15.5 Å². The molecule has 7 nitrogen and oxygen atoms in total. The molecule has 2 unspecified atom stereocenters. The molecule has 2 aliphatic heterocycles. The monoisotopic (exact) mass is 391 g/mol. The molecule has 0 bridgehead atoms. The van der Waals surface area contributed by atoms with E-state index in [4.69, 9.17) is 0 Å². The third-order valence-electron chi connectivity index (χ3n) is 5.40. The fraction of sp³-hybridized carbons (Fsp3) is 0.526. The second-order valence-electron chi connectivity index (χ2n) is 7.24. The van der Waals surface area contributed by atoms with Gasteiger partial charge in [0.25, 0.3) is 5.91 Å². The zero-order valence-corrected chi connectivity index (χ0v) is 16.1. The molecule has 0 radical (unpaired) electrons. The van der Waals surface area contributed by atoms with Crippen LogP contribution < -0.4 is 10.6 Å². The highest BCUT2D eigenvalue weighted by atomic mass is 35.5. The van der Waals surface area contributed by atoms with Gasteiger partial charge in [-0.15, -0.1) is 12.4 Å². The number of rotatable bonds is 4. The van der Waals surface area contributed by atoms with Gasteiger partial charge in [-0.3, -0.25) is 9.59 Å². The summed E-state index contributed by atoms with van der Waals surface area (Å²) in [6.45, 7) is 3.00. The Labute approximate surface area is 164 Å². The molecule has 4 heterocycles. The maximum Gasteiger partial charge on any atom is 0.257 e. The van der Waals surface area contributed by atoms with Gasteiger partial charge in [0, 0.05) is 25.8 Å². The lowest BCUT2D eigenvalue weighted by Crippen LogP contribution is -2.46. The van der Waals surface area contributed by atoms with Crippen LogP contribution in [0.2, 0.25) is 0 Å². The fourth-order valence-corrected chi connectivity index (χ4v) is 3.96. The van der Waals surface area contributed by atoms with Crippen molar-refractivity contribution >= 4 is 29.7 Å². The van der Waals surface area contributed by atoms with Crippen molar-refractivity contribution in [1.82, 2.24) is 25.1 Å². The number of pyridine rings is 1. The lowest BCUT2D eigenvalue weighted by molar-refractivity contribution is -0.123. The second kappa shape index (κ2) is 8.71. The predicted octanol–water partition coefficient (Wildman–Crippen LogP) is 1.48. The smallest absolute Gasteiger partial charge is 0.257 e. The summed E-state index contributed by atoms with van der Waals surface area (Å²) < 4.78 is 1.73. The van der Waals surface area contributed by atoms with E-state index in [2.05, 4.69) is 15.7 Å². The van der Waals surface area contributed by atoms with Crippen molar-refractivity contribution in [1.29, 1.82) is 0 Å². The van der Waals surface area contributed by atoms with Crippen LogP contribution >= 0.6 is 12.4 Å². The van der Waals surface area contributed by atoms with Crippen LogP contribution in [0.4, 0.5) is 0 Å². The summed E-state index contributed by atoms with van der Waals surface area (Å²) >= 11 is 0. The average Bonchev–Trinajstić information content (AvgIpc) is 3.35. The van der Waals surface area contributed by atoms with E-state index >= 15 is 0 Å². The van der Waals surface area contributed by atoms with E-state index in [-0.39, 0.29) is 30.3 Å². The molecule has 0 spiro atoms. The molecular formula is C19H26ClN5O2. The summed E-state index contributed by atoms with van der Waals surface area (Å²) in [5.41, 5.74) is 1.48. The lowest BCUT2D eigenvalue weighted by atomic mass is 9.97. The van der Waals surface area contributed by atoms with Crippen molar-refractivity contribution in [3.63, 3.8) is 0 Å². The van der Waals surface area contributed by atoms with Crippen LogP contribution in [0.15, 0.2) is 30.6 Å². The van der Waals surface area contributed by atoms with Crippen LogP contribution in [0.5, 0.6) is 0 Å². The summed E-state index contributed by atoms with van der Waals surface area (Å²) in [7, 11) is 0. The van der Waals surface area contributed by atoms with E-state index < -0.39 is 0 Å². The molecule has 2 saturated heterocycles. The van der Waals surface area contributed by atoms with Crippen molar-refractivity contribution in [3.05, 3.63) is 36.2 Å². The number of carbonyl (C=O) groups excluding carboxylic acids is 2. The van der Waals surface area contributed by atoms with Gasteiger partial charge in [-0.2, -0.15) is 5.10 Å². The number of nitrogens with zero attached hydrogens (tertiary/aromatic N) is 3. The third kappa shape index (κ3) is 4.25. The average molecular weight is 392 g/mol. The van der Waals surface area contributed by atoms with Gasteiger partial charge in [-0.25, -0.2) is 4.52 Å². The summed E-state index contributed by atoms with van der Waals surface area (Å²) in [5, 5.41) is 10.5. The van der Waals surface area contributed by atoms with Crippen molar-refractivity contribution in [3.8, 4) is 0 Å². The normalized spacial score (nSPS) is 22.4.